The molecular weight excluding hydrogens is 218 g/mol. The quantitative estimate of drug-likeness (QED) is 0.828. The highest BCUT2D eigenvalue weighted by atomic mass is 16.6. The van der Waals surface area contributed by atoms with Gasteiger partial charge in [-0.05, 0) is 24.3 Å². The minimum Gasteiger partial charge on any atom is -0.410 e. The van der Waals surface area contributed by atoms with Crippen molar-refractivity contribution in [2.75, 3.05) is 11.1 Å². The Kier molecular flexibility index (Phi) is 3.20. The summed E-state index contributed by atoms with van der Waals surface area (Å²) >= 11 is 0. The molecule has 1 aromatic carbocycles. The summed E-state index contributed by atoms with van der Waals surface area (Å²) in [5, 5.41) is 2.49. The molecule has 0 atom stereocenters. The smallest absolute Gasteiger partial charge is 0.410 e. The Morgan fingerprint density at radius 1 is 1.18 bits per heavy atom. The molecule has 86 valence electrons. The van der Waals surface area contributed by atoms with Crippen LogP contribution in [0.2, 0.25) is 0 Å². The maximum absolute atomic E-state index is 11.5. The maximum Gasteiger partial charge on any atom is 0.418 e. The van der Waals surface area contributed by atoms with Gasteiger partial charge in [0.15, 0.2) is 0 Å². The number of anilines is 2. The SMILES string of the molecule is Nc1ccc(NC(=O)Oc2ccccc2)nc1. The number of rotatable bonds is 2. The minimum absolute atomic E-state index is 0.389. The Hall–Kier alpha value is -2.56. The molecule has 5 heteroatoms. The summed E-state index contributed by atoms with van der Waals surface area (Å²) in [6.45, 7) is 0. The van der Waals surface area contributed by atoms with E-state index < -0.39 is 6.09 Å². The molecule has 17 heavy (non-hydrogen) atoms. The topological polar surface area (TPSA) is 77.2 Å². The number of ether oxygens (including phenoxy) is 1. The van der Waals surface area contributed by atoms with E-state index in [9.17, 15) is 4.79 Å². The van der Waals surface area contributed by atoms with Crippen molar-refractivity contribution in [1.82, 2.24) is 4.98 Å². The van der Waals surface area contributed by atoms with Crippen molar-refractivity contribution in [2.24, 2.45) is 0 Å². The van der Waals surface area contributed by atoms with Crippen LogP contribution >= 0.6 is 0 Å². The fourth-order valence-electron chi connectivity index (χ4n) is 1.20. The van der Waals surface area contributed by atoms with Gasteiger partial charge in [-0.25, -0.2) is 9.78 Å². The van der Waals surface area contributed by atoms with E-state index in [4.69, 9.17) is 10.5 Å². The maximum atomic E-state index is 11.5. The van der Waals surface area contributed by atoms with Gasteiger partial charge in [-0.2, -0.15) is 0 Å². The van der Waals surface area contributed by atoms with Gasteiger partial charge in [-0.1, -0.05) is 18.2 Å². The van der Waals surface area contributed by atoms with Crippen molar-refractivity contribution in [3.05, 3.63) is 48.7 Å². The van der Waals surface area contributed by atoms with Crippen molar-refractivity contribution < 1.29 is 9.53 Å². The fraction of sp³-hybridized carbons (Fsp3) is 0. The van der Waals surface area contributed by atoms with Crippen molar-refractivity contribution >= 4 is 17.6 Å². The molecule has 0 aliphatic heterocycles. The number of amides is 1. The molecule has 1 aromatic heterocycles. The van der Waals surface area contributed by atoms with Gasteiger partial charge in [0.2, 0.25) is 0 Å². The predicted molar refractivity (Wildman–Crippen MR) is 64.7 cm³/mol. The van der Waals surface area contributed by atoms with Gasteiger partial charge in [0.1, 0.15) is 11.6 Å². The van der Waals surface area contributed by atoms with E-state index >= 15 is 0 Å². The summed E-state index contributed by atoms with van der Waals surface area (Å²) in [4.78, 5) is 15.4. The Morgan fingerprint density at radius 2 is 1.94 bits per heavy atom. The lowest BCUT2D eigenvalue weighted by molar-refractivity contribution is 0.215. The summed E-state index contributed by atoms with van der Waals surface area (Å²) in [6.07, 6.45) is 0.867. The highest BCUT2D eigenvalue weighted by Gasteiger charge is 2.04. The van der Waals surface area contributed by atoms with Crippen molar-refractivity contribution in [2.45, 2.75) is 0 Å². The minimum atomic E-state index is -0.589. The molecule has 0 radical (unpaired) electrons. The van der Waals surface area contributed by atoms with E-state index in [1.54, 1.807) is 36.4 Å². The third-order valence-electron chi connectivity index (χ3n) is 1.97. The first-order chi connectivity index (χ1) is 8.24. The number of hydrogen-bond donors (Lipinski definition) is 2. The molecule has 1 amide bonds. The summed E-state index contributed by atoms with van der Waals surface area (Å²) in [5.41, 5.74) is 6.01. The average Bonchev–Trinajstić information content (AvgIpc) is 2.33. The molecule has 0 fully saturated rings. The Morgan fingerprint density at radius 3 is 2.59 bits per heavy atom. The van der Waals surface area contributed by atoms with Crippen LogP contribution in [-0.4, -0.2) is 11.1 Å². The van der Waals surface area contributed by atoms with Gasteiger partial charge < -0.3 is 10.5 Å². The second-order valence-electron chi connectivity index (χ2n) is 3.30. The summed E-state index contributed by atoms with van der Waals surface area (Å²) in [7, 11) is 0. The molecule has 2 rings (SSSR count). The van der Waals surface area contributed by atoms with Crippen LogP contribution in [0.3, 0.4) is 0 Å². The average molecular weight is 229 g/mol. The molecule has 0 aliphatic carbocycles. The molecule has 0 aliphatic rings. The van der Waals surface area contributed by atoms with Crippen LogP contribution < -0.4 is 15.8 Å². The van der Waals surface area contributed by atoms with Gasteiger partial charge in [0.05, 0.1) is 11.9 Å². The van der Waals surface area contributed by atoms with Gasteiger partial charge in [-0.15, -0.1) is 0 Å². The van der Waals surface area contributed by atoms with E-state index in [2.05, 4.69) is 10.3 Å². The van der Waals surface area contributed by atoms with Crippen LogP contribution in [0.4, 0.5) is 16.3 Å². The number of carbonyl (C=O) groups excluding carboxylic acids is 1. The van der Waals surface area contributed by atoms with E-state index in [0.717, 1.165) is 0 Å². The molecule has 2 aromatic rings. The number of hydrogen-bond acceptors (Lipinski definition) is 4. The van der Waals surface area contributed by atoms with Crippen molar-refractivity contribution in [3.63, 3.8) is 0 Å². The number of nitrogens with zero attached hydrogens (tertiary/aromatic N) is 1. The Labute approximate surface area is 98.2 Å². The number of nitrogens with two attached hydrogens (primary N) is 1. The van der Waals surface area contributed by atoms with Gasteiger partial charge >= 0.3 is 6.09 Å². The summed E-state index contributed by atoms with van der Waals surface area (Å²) < 4.78 is 5.03. The molecule has 0 saturated heterocycles. The third kappa shape index (κ3) is 3.20. The number of carbonyl (C=O) groups is 1. The van der Waals surface area contributed by atoms with Crippen molar-refractivity contribution in [3.8, 4) is 5.75 Å². The number of aromatic nitrogens is 1. The lowest BCUT2D eigenvalue weighted by atomic mass is 10.3. The zero-order chi connectivity index (χ0) is 12.1. The lowest BCUT2D eigenvalue weighted by Gasteiger charge is -2.05. The monoisotopic (exact) mass is 229 g/mol. The highest BCUT2D eigenvalue weighted by molar-refractivity contribution is 5.85. The normalized spacial score (nSPS) is 9.65. The van der Waals surface area contributed by atoms with Crippen LogP contribution in [0.5, 0.6) is 5.75 Å². The summed E-state index contributed by atoms with van der Waals surface area (Å²) in [5.74, 6) is 0.862. The Balaban J connectivity index is 1.96. The first-order valence-electron chi connectivity index (χ1n) is 4.99. The second kappa shape index (κ2) is 4.98. The van der Waals surface area contributed by atoms with E-state index in [1.807, 2.05) is 6.07 Å². The first-order valence-corrected chi connectivity index (χ1v) is 4.99. The number of benzene rings is 1. The third-order valence-corrected chi connectivity index (χ3v) is 1.97. The van der Waals surface area contributed by atoms with Crippen molar-refractivity contribution in [1.29, 1.82) is 0 Å². The standard InChI is InChI=1S/C12H11N3O2/c13-9-6-7-11(14-8-9)15-12(16)17-10-4-2-1-3-5-10/h1-8H,13H2,(H,14,15,16). The number of nitrogen functional groups attached to an aromatic ring is 1. The van der Waals surface area contributed by atoms with Gasteiger partial charge in [-0.3, -0.25) is 5.32 Å². The van der Waals surface area contributed by atoms with Crippen LogP contribution in [0, 0.1) is 0 Å². The fourth-order valence-corrected chi connectivity index (χ4v) is 1.20. The second-order valence-corrected chi connectivity index (χ2v) is 3.30. The lowest BCUT2D eigenvalue weighted by Crippen LogP contribution is -2.17. The van der Waals surface area contributed by atoms with Crippen LogP contribution in [0.25, 0.3) is 0 Å². The number of nitrogens with one attached hydrogen (secondary N) is 1. The molecular formula is C12H11N3O2. The van der Waals surface area contributed by atoms with E-state index in [1.165, 1.54) is 6.20 Å². The molecule has 1 heterocycles. The summed E-state index contributed by atoms with van der Waals surface area (Å²) in [6, 6.07) is 12.0. The van der Waals surface area contributed by atoms with Crippen LogP contribution in [0.15, 0.2) is 48.7 Å². The number of para-hydroxylation sites is 1. The van der Waals surface area contributed by atoms with E-state index in [-0.39, 0.29) is 0 Å². The van der Waals surface area contributed by atoms with Crippen LogP contribution in [0.1, 0.15) is 0 Å². The zero-order valence-electron chi connectivity index (χ0n) is 8.96. The molecule has 3 N–H and O–H groups in total. The predicted octanol–water partition coefficient (Wildman–Crippen LogP) is 2.27. The first kappa shape index (κ1) is 10.9. The molecule has 5 nitrogen and oxygen atoms in total. The van der Waals surface area contributed by atoms with Gasteiger partial charge in [0.25, 0.3) is 0 Å². The number of pyridine rings is 1. The van der Waals surface area contributed by atoms with E-state index in [0.29, 0.717) is 17.3 Å². The molecule has 0 saturated carbocycles. The van der Waals surface area contributed by atoms with Gasteiger partial charge in [0, 0.05) is 0 Å². The largest absolute Gasteiger partial charge is 0.418 e. The molecule has 0 bridgehead atoms. The zero-order valence-corrected chi connectivity index (χ0v) is 8.96. The molecule has 0 unspecified atom stereocenters. The Bertz CT molecular complexity index is 497. The molecule has 0 spiro atoms. The highest BCUT2D eigenvalue weighted by Crippen LogP contribution is 2.10. The van der Waals surface area contributed by atoms with Crippen LogP contribution in [-0.2, 0) is 0 Å².